The fourth-order valence-electron chi connectivity index (χ4n) is 3.21. The second-order valence-corrected chi connectivity index (χ2v) is 6.47. The Bertz CT molecular complexity index is 888. The molecule has 3 aromatic rings. The summed E-state index contributed by atoms with van der Waals surface area (Å²) in [5, 5.41) is 0.985. The van der Waals surface area contributed by atoms with Crippen LogP contribution < -0.4 is 4.74 Å². The van der Waals surface area contributed by atoms with E-state index in [1.807, 2.05) is 79.2 Å². The minimum Gasteiger partial charge on any atom is -0.488 e. The lowest BCUT2D eigenvalue weighted by Crippen LogP contribution is -2.22. The first kappa shape index (κ1) is 20.0. The molecule has 2 aromatic carbocycles. The van der Waals surface area contributed by atoms with Gasteiger partial charge in [0.05, 0.1) is 12.1 Å². The van der Waals surface area contributed by atoms with E-state index >= 15 is 0 Å². The highest BCUT2D eigenvalue weighted by Gasteiger charge is 2.22. The van der Waals surface area contributed by atoms with E-state index in [-0.39, 0.29) is 18.6 Å². The zero-order valence-electron chi connectivity index (χ0n) is 16.5. The number of fused-ring (bicyclic) bond motifs is 1. The van der Waals surface area contributed by atoms with Crippen molar-refractivity contribution < 1.29 is 19.0 Å². The minimum atomic E-state index is -0.372. The monoisotopic (exact) mass is 381 g/mol. The molecule has 0 fully saturated rings. The summed E-state index contributed by atoms with van der Waals surface area (Å²) in [4.78, 5) is 12.5. The van der Waals surface area contributed by atoms with Crippen molar-refractivity contribution in [2.45, 2.75) is 32.9 Å². The SMILES string of the molecule is CCOCCOC(=O)C(CC)n1ccc2c(OCc3ccccc3)cccc21. The number of esters is 1. The molecule has 0 bridgehead atoms. The van der Waals surface area contributed by atoms with Crippen molar-refractivity contribution in [1.82, 2.24) is 4.57 Å². The number of rotatable bonds is 10. The molecular weight excluding hydrogens is 354 g/mol. The number of benzene rings is 2. The molecule has 5 heteroatoms. The van der Waals surface area contributed by atoms with Gasteiger partial charge < -0.3 is 18.8 Å². The van der Waals surface area contributed by atoms with Crippen molar-refractivity contribution in [2.24, 2.45) is 0 Å². The third-order valence-corrected chi connectivity index (χ3v) is 4.63. The molecular formula is C23H27NO4. The van der Waals surface area contributed by atoms with Crippen LogP contribution in [0.3, 0.4) is 0 Å². The van der Waals surface area contributed by atoms with Crippen LogP contribution in [0.15, 0.2) is 60.8 Å². The largest absolute Gasteiger partial charge is 0.488 e. The van der Waals surface area contributed by atoms with Crippen LogP contribution in [0.4, 0.5) is 0 Å². The number of carbonyl (C=O) groups excluding carboxylic acids is 1. The van der Waals surface area contributed by atoms with Gasteiger partial charge >= 0.3 is 5.97 Å². The molecule has 0 aliphatic heterocycles. The summed E-state index contributed by atoms with van der Waals surface area (Å²) < 4.78 is 18.6. The van der Waals surface area contributed by atoms with Gasteiger partial charge in [0.25, 0.3) is 0 Å². The highest BCUT2D eigenvalue weighted by atomic mass is 16.6. The van der Waals surface area contributed by atoms with Crippen LogP contribution >= 0.6 is 0 Å². The number of nitrogens with zero attached hydrogens (tertiary/aromatic N) is 1. The molecule has 0 aliphatic carbocycles. The van der Waals surface area contributed by atoms with Crippen LogP contribution in [0.25, 0.3) is 10.9 Å². The standard InChI is InChI=1S/C23H27NO4/c1-3-20(23(25)27-16-15-26-4-2)24-14-13-19-21(24)11-8-12-22(19)28-17-18-9-6-5-7-10-18/h5-14,20H,3-4,15-17H2,1-2H3. The predicted octanol–water partition coefficient (Wildman–Crippen LogP) is 4.75. The average Bonchev–Trinajstić information content (AvgIpc) is 3.15. The second-order valence-electron chi connectivity index (χ2n) is 6.47. The molecule has 0 spiro atoms. The Morgan fingerprint density at radius 1 is 1.00 bits per heavy atom. The van der Waals surface area contributed by atoms with Crippen LogP contribution in [0.1, 0.15) is 31.9 Å². The highest BCUT2D eigenvalue weighted by Crippen LogP contribution is 2.30. The van der Waals surface area contributed by atoms with E-state index in [0.717, 1.165) is 22.2 Å². The number of aromatic nitrogens is 1. The van der Waals surface area contributed by atoms with E-state index in [9.17, 15) is 4.79 Å². The van der Waals surface area contributed by atoms with E-state index in [1.165, 1.54) is 0 Å². The number of ether oxygens (including phenoxy) is 3. The van der Waals surface area contributed by atoms with Crippen molar-refractivity contribution >= 4 is 16.9 Å². The molecule has 0 saturated carbocycles. The van der Waals surface area contributed by atoms with Gasteiger partial charge in [0.15, 0.2) is 0 Å². The summed E-state index contributed by atoms with van der Waals surface area (Å²) in [7, 11) is 0. The van der Waals surface area contributed by atoms with Crippen LogP contribution in [0.2, 0.25) is 0 Å². The summed E-state index contributed by atoms with van der Waals surface area (Å²) in [6, 6.07) is 17.6. The van der Waals surface area contributed by atoms with Gasteiger partial charge in [0.2, 0.25) is 0 Å². The van der Waals surface area contributed by atoms with E-state index in [4.69, 9.17) is 14.2 Å². The van der Waals surface area contributed by atoms with Crippen LogP contribution in [0, 0.1) is 0 Å². The molecule has 5 nitrogen and oxygen atoms in total. The van der Waals surface area contributed by atoms with E-state index in [2.05, 4.69) is 0 Å². The first-order valence-electron chi connectivity index (χ1n) is 9.75. The van der Waals surface area contributed by atoms with Gasteiger partial charge in [-0.3, -0.25) is 0 Å². The number of carbonyl (C=O) groups is 1. The summed E-state index contributed by atoms with van der Waals surface area (Å²) in [5.41, 5.74) is 2.07. The maximum absolute atomic E-state index is 12.5. The Kier molecular flexibility index (Phi) is 7.09. The van der Waals surface area contributed by atoms with Crippen LogP contribution in [-0.2, 0) is 20.9 Å². The zero-order valence-corrected chi connectivity index (χ0v) is 16.5. The third kappa shape index (κ3) is 4.73. The van der Waals surface area contributed by atoms with Gasteiger partial charge in [-0.15, -0.1) is 0 Å². The van der Waals surface area contributed by atoms with Crippen molar-refractivity contribution in [1.29, 1.82) is 0 Å². The lowest BCUT2D eigenvalue weighted by molar-refractivity contribution is -0.149. The second kappa shape index (κ2) is 9.95. The van der Waals surface area contributed by atoms with Gasteiger partial charge in [-0.2, -0.15) is 0 Å². The van der Waals surface area contributed by atoms with Crippen molar-refractivity contribution in [3.8, 4) is 5.75 Å². The first-order chi connectivity index (χ1) is 13.7. The van der Waals surface area contributed by atoms with Crippen molar-refractivity contribution in [3.05, 3.63) is 66.4 Å². The number of hydrogen-bond donors (Lipinski definition) is 0. The van der Waals surface area contributed by atoms with Gasteiger partial charge in [-0.1, -0.05) is 43.3 Å². The summed E-state index contributed by atoms with van der Waals surface area (Å²) >= 11 is 0. The molecule has 1 heterocycles. The molecule has 0 radical (unpaired) electrons. The topological polar surface area (TPSA) is 49.7 Å². The number of hydrogen-bond acceptors (Lipinski definition) is 4. The van der Waals surface area contributed by atoms with Crippen molar-refractivity contribution in [3.63, 3.8) is 0 Å². The maximum atomic E-state index is 12.5. The maximum Gasteiger partial charge on any atom is 0.329 e. The van der Waals surface area contributed by atoms with Crippen molar-refractivity contribution in [2.75, 3.05) is 19.8 Å². The Labute approximate surface area is 165 Å². The van der Waals surface area contributed by atoms with Crippen LogP contribution in [0.5, 0.6) is 5.75 Å². The highest BCUT2D eigenvalue weighted by molar-refractivity contribution is 5.88. The molecule has 0 N–H and O–H groups in total. The third-order valence-electron chi connectivity index (χ3n) is 4.63. The fraction of sp³-hybridized carbons (Fsp3) is 0.348. The molecule has 0 aliphatic rings. The van der Waals surface area contributed by atoms with Gasteiger partial charge in [-0.25, -0.2) is 4.79 Å². The molecule has 1 unspecified atom stereocenters. The lowest BCUT2D eigenvalue weighted by Gasteiger charge is -2.17. The Morgan fingerprint density at radius 2 is 1.82 bits per heavy atom. The van der Waals surface area contributed by atoms with Gasteiger partial charge in [0.1, 0.15) is 25.0 Å². The first-order valence-corrected chi connectivity index (χ1v) is 9.75. The van der Waals surface area contributed by atoms with E-state index in [1.54, 1.807) is 0 Å². The molecule has 148 valence electrons. The van der Waals surface area contributed by atoms with Crippen LogP contribution in [-0.4, -0.2) is 30.4 Å². The van der Waals surface area contributed by atoms with Gasteiger partial charge in [0, 0.05) is 18.2 Å². The predicted molar refractivity (Wildman–Crippen MR) is 109 cm³/mol. The molecule has 0 saturated heterocycles. The normalized spacial score (nSPS) is 12.1. The fourth-order valence-corrected chi connectivity index (χ4v) is 3.21. The zero-order chi connectivity index (χ0) is 19.8. The Morgan fingerprint density at radius 3 is 2.57 bits per heavy atom. The lowest BCUT2D eigenvalue weighted by atomic mass is 10.2. The quantitative estimate of drug-likeness (QED) is 0.376. The summed E-state index contributed by atoms with van der Waals surface area (Å²) in [6.45, 7) is 5.71. The van der Waals surface area contributed by atoms with E-state index < -0.39 is 0 Å². The molecule has 1 atom stereocenters. The summed E-state index contributed by atoms with van der Waals surface area (Å²) in [6.07, 6.45) is 2.57. The summed E-state index contributed by atoms with van der Waals surface area (Å²) in [5.74, 6) is 0.565. The Balaban J connectivity index is 1.76. The Hall–Kier alpha value is -2.79. The molecule has 28 heavy (non-hydrogen) atoms. The minimum absolute atomic E-state index is 0.240. The van der Waals surface area contributed by atoms with E-state index in [0.29, 0.717) is 26.2 Å². The average molecular weight is 381 g/mol. The smallest absolute Gasteiger partial charge is 0.329 e. The molecule has 3 rings (SSSR count). The molecule has 0 amide bonds. The molecule has 1 aromatic heterocycles. The van der Waals surface area contributed by atoms with Gasteiger partial charge in [-0.05, 0) is 37.1 Å².